The van der Waals surface area contributed by atoms with Gasteiger partial charge >= 0.3 is 5.97 Å². The largest absolute Gasteiger partial charge is 0.497 e. The van der Waals surface area contributed by atoms with Crippen LogP contribution in [0.25, 0.3) is 0 Å². The highest BCUT2D eigenvalue weighted by Gasteiger charge is 2.34. The van der Waals surface area contributed by atoms with E-state index in [1.54, 1.807) is 0 Å². The maximum atomic E-state index is 12.4. The van der Waals surface area contributed by atoms with E-state index in [2.05, 4.69) is 0 Å². The SMILES string of the molecule is COc1cc(OC)c(C(=O)O)c(N2CC(CSC(C)=O)CC2=O)c1. The molecule has 1 fully saturated rings. The van der Waals surface area contributed by atoms with Crippen molar-refractivity contribution in [3.63, 3.8) is 0 Å². The van der Waals surface area contributed by atoms with E-state index >= 15 is 0 Å². The Hall–Kier alpha value is -2.22. The molecule has 0 aromatic heterocycles. The maximum absolute atomic E-state index is 12.4. The summed E-state index contributed by atoms with van der Waals surface area (Å²) >= 11 is 1.17. The quantitative estimate of drug-likeness (QED) is 0.836. The van der Waals surface area contributed by atoms with Crippen LogP contribution in [0.4, 0.5) is 5.69 Å². The number of carbonyl (C=O) groups is 3. The number of rotatable bonds is 6. The molecule has 1 heterocycles. The standard InChI is InChI=1S/C16H19NO6S/c1-9(18)24-8-10-4-14(19)17(7-10)12-5-11(22-2)6-13(23-3)15(12)16(20)21/h5-6,10H,4,7-8H2,1-3H3,(H,20,21). The van der Waals surface area contributed by atoms with E-state index in [1.165, 1.54) is 49.9 Å². The van der Waals surface area contributed by atoms with Crippen LogP contribution in [0.2, 0.25) is 0 Å². The highest BCUT2D eigenvalue weighted by Crippen LogP contribution is 2.38. The molecule has 1 N–H and O–H groups in total. The molecule has 2 rings (SSSR count). The first kappa shape index (κ1) is 18.1. The lowest BCUT2D eigenvalue weighted by molar-refractivity contribution is -0.117. The highest BCUT2D eigenvalue weighted by molar-refractivity contribution is 8.13. The number of amides is 1. The molecule has 1 aromatic carbocycles. The summed E-state index contributed by atoms with van der Waals surface area (Å²) in [7, 11) is 2.82. The molecule has 0 saturated carbocycles. The van der Waals surface area contributed by atoms with E-state index in [-0.39, 0.29) is 40.4 Å². The summed E-state index contributed by atoms with van der Waals surface area (Å²) in [5.74, 6) is -0.306. The van der Waals surface area contributed by atoms with Gasteiger partial charge in [-0.3, -0.25) is 9.59 Å². The average Bonchev–Trinajstić information content (AvgIpc) is 2.92. The van der Waals surface area contributed by atoms with Gasteiger partial charge in [-0.05, 0) is 5.92 Å². The van der Waals surface area contributed by atoms with Crippen molar-refractivity contribution < 1.29 is 29.0 Å². The molecular weight excluding hydrogens is 334 g/mol. The third kappa shape index (κ3) is 3.81. The monoisotopic (exact) mass is 353 g/mol. The fourth-order valence-electron chi connectivity index (χ4n) is 2.64. The summed E-state index contributed by atoms with van der Waals surface area (Å²) < 4.78 is 10.3. The molecule has 1 aromatic rings. The van der Waals surface area contributed by atoms with E-state index in [9.17, 15) is 19.5 Å². The van der Waals surface area contributed by atoms with Crippen LogP contribution in [0.5, 0.6) is 11.5 Å². The maximum Gasteiger partial charge on any atom is 0.341 e. The van der Waals surface area contributed by atoms with Crippen LogP contribution < -0.4 is 14.4 Å². The Bertz CT molecular complexity index is 675. The lowest BCUT2D eigenvalue weighted by Crippen LogP contribution is -2.27. The Labute approximate surface area is 143 Å². The molecule has 130 valence electrons. The molecule has 1 aliphatic rings. The fourth-order valence-corrected chi connectivity index (χ4v) is 3.34. The van der Waals surface area contributed by atoms with E-state index in [4.69, 9.17) is 9.47 Å². The minimum Gasteiger partial charge on any atom is -0.497 e. The number of nitrogens with zero attached hydrogens (tertiary/aromatic N) is 1. The number of benzene rings is 1. The molecule has 8 heteroatoms. The third-order valence-electron chi connectivity index (χ3n) is 3.74. The van der Waals surface area contributed by atoms with Crippen LogP contribution in [0.3, 0.4) is 0 Å². The molecule has 0 bridgehead atoms. The molecule has 1 saturated heterocycles. The Balaban J connectivity index is 2.38. The topological polar surface area (TPSA) is 93.1 Å². The summed E-state index contributed by atoms with van der Waals surface area (Å²) in [6, 6.07) is 2.99. The summed E-state index contributed by atoms with van der Waals surface area (Å²) in [5.41, 5.74) is 0.172. The Morgan fingerprint density at radius 3 is 2.58 bits per heavy atom. The summed E-state index contributed by atoms with van der Waals surface area (Å²) in [6.45, 7) is 1.84. The zero-order valence-corrected chi connectivity index (χ0v) is 14.5. The van der Waals surface area contributed by atoms with Crippen molar-refractivity contribution in [2.45, 2.75) is 13.3 Å². The van der Waals surface area contributed by atoms with Gasteiger partial charge in [-0.15, -0.1) is 0 Å². The second-order valence-electron chi connectivity index (χ2n) is 5.41. The molecule has 1 amide bonds. The minimum absolute atomic E-state index is 0.00447. The minimum atomic E-state index is -1.18. The van der Waals surface area contributed by atoms with Crippen molar-refractivity contribution in [1.29, 1.82) is 0 Å². The lowest BCUT2D eigenvalue weighted by Gasteiger charge is -2.21. The van der Waals surface area contributed by atoms with Gasteiger partial charge in [0.15, 0.2) is 5.12 Å². The number of aromatic carboxylic acids is 1. The van der Waals surface area contributed by atoms with Crippen molar-refractivity contribution >= 4 is 34.4 Å². The van der Waals surface area contributed by atoms with E-state index in [0.717, 1.165) is 0 Å². The number of anilines is 1. The van der Waals surface area contributed by atoms with Crippen LogP contribution >= 0.6 is 11.8 Å². The van der Waals surface area contributed by atoms with Gasteiger partial charge in [-0.2, -0.15) is 0 Å². The van der Waals surface area contributed by atoms with Crippen LogP contribution in [-0.4, -0.2) is 48.6 Å². The average molecular weight is 353 g/mol. The Kier molecular flexibility index (Phi) is 5.71. The van der Waals surface area contributed by atoms with E-state index in [1.807, 2.05) is 0 Å². The van der Waals surface area contributed by atoms with Crippen molar-refractivity contribution in [3.05, 3.63) is 17.7 Å². The fraction of sp³-hybridized carbons (Fsp3) is 0.438. The van der Waals surface area contributed by atoms with Gasteiger partial charge in [-0.25, -0.2) is 4.79 Å². The molecule has 24 heavy (non-hydrogen) atoms. The number of hydrogen-bond donors (Lipinski definition) is 1. The number of methoxy groups -OCH3 is 2. The highest BCUT2D eigenvalue weighted by atomic mass is 32.2. The van der Waals surface area contributed by atoms with Gasteiger partial charge in [0.1, 0.15) is 17.1 Å². The molecule has 1 atom stereocenters. The molecule has 1 unspecified atom stereocenters. The lowest BCUT2D eigenvalue weighted by atomic mass is 10.1. The van der Waals surface area contributed by atoms with E-state index in [0.29, 0.717) is 18.0 Å². The van der Waals surface area contributed by atoms with Crippen molar-refractivity contribution in [3.8, 4) is 11.5 Å². The van der Waals surface area contributed by atoms with Crippen LogP contribution in [0.15, 0.2) is 12.1 Å². The number of carboxylic acid groups (broad SMARTS) is 1. The van der Waals surface area contributed by atoms with Gasteiger partial charge in [0.2, 0.25) is 5.91 Å². The number of ether oxygens (including phenoxy) is 2. The molecule has 1 aliphatic heterocycles. The number of carbonyl (C=O) groups excluding carboxylic acids is 2. The Morgan fingerprint density at radius 2 is 2.04 bits per heavy atom. The Morgan fingerprint density at radius 1 is 1.33 bits per heavy atom. The van der Waals surface area contributed by atoms with Crippen molar-refractivity contribution in [1.82, 2.24) is 0 Å². The van der Waals surface area contributed by atoms with Gasteiger partial charge < -0.3 is 19.5 Å². The zero-order valence-electron chi connectivity index (χ0n) is 13.7. The third-order valence-corrected chi connectivity index (χ3v) is 4.79. The molecule has 7 nitrogen and oxygen atoms in total. The molecule has 0 radical (unpaired) electrons. The zero-order chi connectivity index (χ0) is 17.9. The second kappa shape index (κ2) is 7.57. The smallest absolute Gasteiger partial charge is 0.341 e. The first-order chi connectivity index (χ1) is 11.4. The molecular formula is C16H19NO6S. The summed E-state index contributed by atoms with van der Waals surface area (Å²) in [6.07, 6.45) is 0.277. The first-order valence-corrected chi connectivity index (χ1v) is 8.29. The van der Waals surface area contributed by atoms with Gasteiger partial charge in [0.05, 0.1) is 19.9 Å². The van der Waals surface area contributed by atoms with Gasteiger partial charge in [0, 0.05) is 37.8 Å². The number of carboxylic acids is 1. The second-order valence-corrected chi connectivity index (χ2v) is 6.60. The van der Waals surface area contributed by atoms with Gasteiger partial charge in [-0.1, -0.05) is 11.8 Å². The summed E-state index contributed by atoms with van der Waals surface area (Å²) in [4.78, 5) is 36.5. The van der Waals surface area contributed by atoms with E-state index < -0.39 is 5.97 Å². The molecule has 0 aliphatic carbocycles. The summed E-state index contributed by atoms with van der Waals surface area (Å²) in [5, 5.41) is 9.52. The predicted octanol–water partition coefficient (Wildman–Crippen LogP) is 2.03. The van der Waals surface area contributed by atoms with Crippen LogP contribution in [0, 0.1) is 5.92 Å². The van der Waals surface area contributed by atoms with Gasteiger partial charge in [0.25, 0.3) is 0 Å². The molecule has 0 spiro atoms. The predicted molar refractivity (Wildman–Crippen MR) is 90.1 cm³/mol. The van der Waals surface area contributed by atoms with Crippen LogP contribution in [-0.2, 0) is 9.59 Å². The number of hydrogen-bond acceptors (Lipinski definition) is 6. The van der Waals surface area contributed by atoms with Crippen LogP contribution in [0.1, 0.15) is 23.7 Å². The van der Waals surface area contributed by atoms with Crippen molar-refractivity contribution in [2.24, 2.45) is 5.92 Å². The van der Waals surface area contributed by atoms with Crippen molar-refractivity contribution in [2.75, 3.05) is 31.4 Å². The normalized spacial score (nSPS) is 17.0. The number of thioether (sulfide) groups is 1. The first-order valence-electron chi connectivity index (χ1n) is 7.30.